The summed E-state index contributed by atoms with van der Waals surface area (Å²) in [6.07, 6.45) is 5.71. The van der Waals surface area contributed by atoms with Crippen molar-refractivity contribution in [2.75, 3.05) is 6.54 Å². The monoisotopic (exact) mass is 253 g/mol. The molecule has 4 aliphatic carbocycles. The number of hydrogen-bond acceptors (Lipinski definition) is 3. The highest BCUT2D eigenvalue weighted by Gasteiger charge is 2.59. The van der Waals surface area contributed by atoms with Gasteiger partial charge in [0.15, 0.2) is 0 Å². The predicted octanol–water partition coefficient (Wildman–Crippen LogP) is 0.613. The van der Waals surface area contributed by atoms with Gasteiger partial charge in [0.05, 0.1) is 5.60 Å². The minimum Gasteiger partial charge on any atom is -0.480 e. The molecular weight excluding hydrogens is 234 g/mol. The van der Waals surface area contributed by atoms with Gasteiger partial charge in [0, 0.05) is 5.54 Å². The van der Waals surface area contributed by atoms with Gasteiger partial charge < -0.3 is 15.1 Å². The summed E-state index contributed by atoms with van der Waals surface area (Å²) in [5.74, 6) is -0.0789. The summed E-state index contributed by atoms with van der Waals surface area (Å²) in [6.45, 7) is -0.251. The first-order chi connectivity index (χ1) is 8.45. The number of nitrogens with zero attached hydrogens (tertiary/aromatic N) is 1. The number of carboxylic acids is 1. The molecule has 4 aliphatic rings. The van der Waals surface area contributed by atoms with Gasteiger partial charge in [0.2, 0.25) is 6.41 Å². The fourth-order valence-corrected chi connectivity index (χ4v) is 4.96. The first kappa shape index (κ1) is 12.0. The van der Waals surface area contributed by atoms with E-state index >= 15 is 0 Å². The lowest BCUT2D eigenvalue weighted by molar-refractivity contribution is -0.181. The molecule has 4 saturated carbocycles. The van der Waals surface area contributed by atoms with E-state index in [2.05, 4.69) is 0 Å². The van der Waals surface area contributed by atoms with Crippen molar-refractivity contribution in [2.24, 2.45) is 11.8 Å². The van der Waals surface area contributed by atoms with Gasteiger partial charge in [-0.25, -0.2) is 0 Å². The lowest BCUT2D eigenvalue weighted by atomic mass is 9.50. The number of carbonyl (C=O) groups is 2. The summed E-state index contributed by atoms with van der Waals surface area (Å²) in [6, 6.07) is 0. The van der Waals surface area contributed by atoms with Gasteiger partial charge in [-0.3, -0.25) is 9.59 Å². The second-order valence-corrected chi connectivity index (χ2v) is 6.54. The van der Waals surface area contributed by atoms with Crippen molar-refractivity contribution in [1.29, 1.82) is 0 Å². The lowest BCUT2D eigenvalue weighted by Gasteiger charge is -2.62. The molecule has 18 heavy (non-hydrogen) atoms. The maximum Gasteiger partial charge on any atom is 0.323 e. The Morgan fingerprint density at radius 3 is 2.33 bits per heavy atom. The van der Waals surface area contributed by atoms with Crippen LogP contribution in [0.5, 0.6) is 0 Å². The molecule has 100 valence electrons. The van der Waals surface area contributed by atoms with E-state index in [1.807, 2.05) is 0 Å². The van der Waals surface area contributed by atoms with E-state index < -0.39 is 17.1 Å². The van der Waals surface area contributed by atoms with Gasteiger partial charge in [-0.05, 0) is 50.4 Å². The molecule has 0 aliphatic heterocycles. The van der Waals surface area contributed by atoms with Gasteiger partial charge in [-0.1, -0.05) is 0 Å². The molecule has 0 aromatic carbocycles. The third-order valence-corrected chi connectivity index (χ3v) is 5.04. The van der Waals surface area contributed by atoms with Gasteiger partial charge >= 0.3 is 5.97 Å². The topological polar surface area (TPSA) is 77.8 Å². The summed E-state index contributed by atoms with van der Waals surface area (Å²) in [5, 5.41) is 19.5. The Bertz CT molecular complexity index is 380. The second-order valence-electron chi connectivity index (χ2n) is 6.54. The van der Waals surface area contributed by atoms with Crippen molar-refractivity contribution in [1.82, 2.24) is 4.90 Å². The van der Waals surface area contributed by atoms with E-state index in [1.54, 1.807) is 0 Å². The number of amides is 1. The molecule has 4 bridgehead atoms. The fraction of sp³-hybridized carbons (Fsp3) is 0.846. The number of aliphatic hydroxyl groups is 1. The summed E-state index contributed by atoms with van der Waals surface area (Å²) in [7, 11) is 0. The molecular formula is C13H19NO4. The lowest BCUT2D eigenvalue weighted by Crippen LogP contribution is -2.65. The minimum absolute atomic E-state index is 0.251. The van der Waals surface area contributed by atoms with Crippen molar-refractivity contribution < 1.29 is 19.8 Å². The molecule has 2 unspecified atom stereocenters. The highest BCUT2D eigenvalue weighted by molar-refractivity contribution is 5.72. The largest absolute Gasteiger partial charge is 0.480 e. The van der Waals surface area contributed by atoms with E-state index in [0.717, 1.165) is 32.1 Å². The van der Waals surface area contributed by atoms with E-state index in [0.29, 0.717) is 24.7 Å². The maximum atomic E-state index is 11.2. The molecule has 2 N–H and O–H groups in total. The van der Waals surface area contributed by atoms with Crippen LogP contribution in [0.2, 0.25) is 0 Å². The van der Waals surface area contributed by atoms with Crippen molar-refractivity contribution in [3.63, 3.8) is 0 Å². The zero-order valence-corrected chi connectivity index (χ0v) is 10.3. The molecule has 5 nitrogen and oxygen atoms in total. The Hall–Kier alpha value is -1.10. The summed E-state index contributed by atoms with van der Waals surface area (Å²) >= 11 is 0. The highest BCUT2D eigenvalue weighted by Crippen LogP contribution is 2.59. The van der Waals surface area contributed by atoms with E-state index in [-0.39, 0.29) is 6.54 Å². The van der Waals surface area contributed by atoms with Crippen LogP contribution in [-0.4, -0.2) is 45.2 Å². The zero-order chi connectivity index (χ0) is 13.0. The summed E-state index contributed by atoms with van der Waals surface area (Å²) < 4.78 is 0. The SMILES string of the molecule is O=CN(CC(=O)O)C12CC3CC(CC(O)(C3)C1)C2. The molecule has 5 heteroatoms. The molecule has 0 saturated heterocycles. The molecule has 0 spiro atoms. The molecule has 0 radical (unpaired) electrons. The van der Waals surface area contributed by atoms with Crippen LogP contribution in [0.4, 0.5) is 0 Å². The molecule has 4 fully saturated rings. The number of rotatable bonds is 4. The highest BCUT2D eigenvalue weighted by atomic mass is 16.4. The third-order valence-electron chi connectivity index (χ3n) is 5.04. The van der Waals surface area contributed by atoms with Crippen LogP contribution in [0.1, 0.15) is 38.5 Å². The first-order valence-corrected chi connectivity index (χ1v) is 6.61. The van der Waals surface area contributed by atoms with E-state index in [9.17, 15) is 14.7 Å². The Morgan fingerprint density at radius 2 is 1.89 bits per heavy atom. The third kappa shape index (κ3) is 1.72. The van der Waals surface area contributed by atoms with Gasteiger partial charge in [0.1, 0.15) is 6.54 Å². The maximum absolute atomic E-state index is 11.2. The second kappa shape index (κ2) is 3.70. The van der Waals surface area contributed by atoms with Crippen LogP contribution in [-0.2, 0) is 9.59 Å². The van der Waals surface area contributed by atoms with Crippen molar-refractivity contribution >= 4 is 12.4 Å². The standard InChI is InChI=1S/C13H19NO4/c15-8-14(6-11(16)17)12-2-9-1-10(3-12)5-13(18,4-9)7-12/h8-10,18H,1-7H2,(H,16,17). The Morgan fingerprint density at radius 1 is 1.28 bits per heavy atom. The van der Waals surface area contributed by atoms with Crippen molar-refractivity contribution in [3.8, 4) is 0 Å². The van der Waals surface area contributed by atoms with Crippen LogP contribution in [0, 0.1) is 11.8 Å². The zero-order valence-electron chi connectivity index (χ0n) is 10.3. The minimum atomic E-state index is -0.982. The van der Waals surface area contributed by atoms with Crippen molar-refractivity contribution in [3.05, 3.63) is 0 Å². The number of hydrogen-bond donors (Lipinski definition) is 2. The predicted molar refractivity (Wildman–Crippen MR) is 62.8 cm³/mol. The number of aliphatic carboxylic acids is 1. The molecule has 0 heterocycles. The van der Waals surface area contributed by atoms with E-state index in [1.165, 1.54) is 4.90 Å². The average molecular weight is 253 g/mol. The number of carbonyl (C=O) groups excluding carboxylic acids is 1. The first-order valence-electron chi connectivity index (χ1n) is 6.61. The average Bonchev–Trinajstić information content (AvgIpc) is 2.21. The molecule has 2 atom stereocenters. The summed E-state index contributed by atoms with van der Waals surface area (Å²) in [5.41, 5.74) is -1.07. The molecule has 0 aromatic rings. The number of carboxylic acid groups (broad SMARTS) is 1. The molecule has 4 rings (SSSR count). The summed E-state index contributed by atoms with van der Waals surface area (Å²) in [4.78, 5) is 23.5. The van der Waals surface area contributed by atoms with Gasteiger partial charge in [-0.15, -0.1) is 0 Å². The Balaban J connectivity index is 1.89. The van der Waals surface area contributed by atoms with Crippen LogP contribution < -0.4 is 0 Å². The van der Waals surface area contributed by atoms with Crippen molar-refractivity contribution in [2.45, 2.75) is 49.7 Å². The molecule has 1 amide bonds. The van der Waals surface area contributed by atoms with Crippen LogP contribution in [0.3, 0.4) is 0 Å². The van der Waals surface area contributed by atoms with Crippen LogP contribution in [0.25, 0.3) is 0 Å². The van der Waals surface area contributed by atoms with Crippen LogP contribution >= 0.6 is 0 Å². The van der Waals surface area contributed by atoms with Gasteiger partial charge in [-0.2, -0.15) is 0 Å². The smallest absolute Gasteiger partial charge is 0.323 e. The Labute approximate surface area is 106 Å². The fourth-order valence-electron chi connectivity index (χ4n) is 4.96. The molecule has 0 aromatic heterocycles. The van der Waals surface area contributed by atoms with Crippen LogP contribution in [0.15, 0.2) is 0 Å². The Kier molecular flexibility index (Phi) is 2.46. The van der Waals surface area contributed by atoms with E-state index in [4.69, 9.17) is 5.11 Å². The van der Waals surface area contributed by atoms with Gasteiger partial charge in [0.25, 0.3) is 0 Å². The normalized spacial score (nSPS) is 44.9. The quantitative estimate of drug-likeness (QED) is 0.720.